The maximum Gasteiger partial charge on any atom is 0.266 e. The molecule has 0 fully saturated rings. The highest BCUT2D eigenvalue weighted by Gasteiger charge is 2.28. The lowest BCUT2D eigenvalue weighted by atomic mass is 10.1. The van der Waals surface area contributed by atoms with Gasteiger partial charge in [0.05, 0.1) is 39.8 Å². The van der Waals surface area contributed by atoms with E-state index in [2.05, 4.69) is 0 Å². The fraction of sp³-hybridized carbons (Fsp3) is 0.222. The van der Waals surface area contributed by atoms with Gasteiger partial charge in [-0.3, -0.25) is 14.2 Å². The molecule has 0 aliphatic rings. The first kappa shape index (κ1) is 23.7. The van der Waals surface area contributed by atoms with E-state index in [1.807, 2.05) is 56.3 Å². The zero-order valence-corrected chi connectivity index (χ0v) is 20.1. The third kappa shape index (κ3) is 4.47. The van der Waals surface area contributed by atoms with Crippen LogP contribution in [0.4, 0.5) is 0 Å². The number of benzene rings is 3. The van der Waals surface area contributed by atoms with Gasteiger partial charge in [0, 0.05) is 13.7 Å². The predicted molar refractivity (Wildman–Crippen MR) is 135 cm³/mol. The number of hydrogen-bond donors (Lipinski definition) is 0. The molecule has 0 N–H and O–H groups in total. The maximum atomic E-state index is 13.7. The van der Waals surface area contributed by atoms with Gasteiger partial charge in [0.2, 0.25) is 0 Å². The Labute approximate surface area is 203 Å². The number of fused-ring (bicyclic) bond motifs is 1. The minimum atomic E-state index is -0.546. The molecule has 6 nitrogen and oxygen atoms in total. The van der Waals surface area contributed by atoms with Crippen LogP contribution in [0.15, 0.2) is 77.6 Å². The van der Waals surface area contributed by atoms with E-state index in [9.17, 15) is 9.59 Å². The molecule has 0 aliphatic heterocycles. The molecule has 0 saturated carbocycles. The number of carbonyl (C=O) groups is 1. The molecule has 0 spiro atoms. The number of hydrogen-bond acceptors (Lipinski definition) is 4. The van der Waals surface area contributed by atoms with E-state index in [4.69, 9.17) is 21.3 Å². The summed E-state index contributed by atoms with van der Waals surface area (Å²) in [5.74, 6) is 0.211. The van der Waals surface area contributed by atoms with Crippen LogP contribution in [0.5, 0.6) is 0 Å². The van der Waals surface area contributed by atoms with E-state index in [0.29, 0.717) is 40.5 Å². The van der Waals surface area contributed by atoms with Gasteiger partial charge in [-0.1, -0.05) is 54.1 Å². The number of halogens is 1. The van der Waals surface area contributed by atoms with Crippen LogP contribution in [0.1, 0.15) is 34.7 Å². The molecule has 0 bridgehead atoms. The Balaban J connectivity index is 1.93. The average Bonchev–Trinajstić information content (AvgIpc) is 2.85. The monoisotopic (exact) mass is 475 g/mol. The number of aryl methyl sites for hydroxylation is 1. The molecular formula is C27H26ClN3O3. The van der Waals surface area contributed by atoms with Crippen molar-refractivity contribution in [3.63, 3.8) is 0 Å². The van der Waals surface area contributed by atoms with E-state index < -0.39 is 6.04 Å². The van der Waals surface area contributed by atoms with Gasteiger partial charge >= 0.3 is 0 Å². The number of carbonyl (C=O) groups excluding carboxylic acids is 1. The second-order valence-electron chi connectivity index (χ2n) is 8.06. The molecule has 3 aromatic carbocycles. The average molecular weight is 476 g/mol. The van der Waals surface area contributed by atoms with Gasteiger partial charge < -0.3 is 9.64 Å². The van der Waals surface area contributed by atoms with Crippen molar-refractivity contribution < 1.29 is 9.53 Å². The summed E-state index contributed by atoms with van der Waals surface area (Å²) in [4.78, 5) is 33.9. The zero-order valence-electron chi connectivity index (χ0n) is 19.4. The van der Waals surface area contributed by atoms with E-state index in [-0.39, 0.29) is 11.5 Å². The topological polar surface area (TPSA) is 64.4 Å². The lowest BCUT2D eigenvalue weighted by Gasteiger charge is -2.31. The zero-order chi connectivity index (χ0) is 24.2. The van der Waals surface area contributed by atoms with Crippen LogP contribution in [0.2, 0.25) is 5.02 Å². The van der Waals surface area contributed by atoms with Gasteiger partial charge in [-0.25, -0.2) is 4.98 Å². The van der Waals surface area contributed by atoms with E-state index in [0.717, 1.165) is 11.3 Å². The number of methoxy groups -OCH3 is 1. The van der Waals surface area contributed by atoms with Gasteiger partial charge in [0.25, 0.3) is 11.5 Å². The first-order valence-corrected chi connectivity index (χ1v) is 11.4. The molecule has 4 aromatic rings. The largest absolute Gasteiger partial charge is 0.383 e. The standard InChI is InChI=1S/C27H26ClN3O3/c1-18-10-4-9-15-24(18)31-25(29-23-14-8-6-12-21(23)27(31)33)19(2)30(16-17-34-3)26(32)20-11-5-7-13-22(20)28/h4-15,19H,16-17H2,1-3H3. The molecule has 1 amide bonds. The Hall–Kier alpha value is -3.48. The molecule has 0 aliphatic carbocycles. The van der Waals surface area contributed by atoms with Gasteiger partial charge in [0.1, 0.15) is 5.82 Å². The second kappa shape index (κ2) is 10.2. The predicted octanol–water partition coefficient (Wildman–Crippen LogP) is 5.20. The van der Waals surface area contributed by atoms with Crippen molar-refractivity contribution in [3.8, 4) is 5.69 Å². The number of para-hydroxylation sites is 2. The van der Waals surface area contributed by atoms with Crippen molar-refractivity contribution in [3.05, 3.63) is 105 Å². The van der Waals surface area contributed by atoms with Crippen molar-refractivity contribution in [1.82, 2.24) is 14.5 Å². The number of rotatable bonds is 7. The van der Waals surface area contributed by atoms with Crippen molar-refractivity contribution >= 4 is 28.4 Å². The summed E-state index contributed by atoms with van der Waals surface area (Å²) in [5, 5.41) is 0.882. The molecule has 1 unspecified atom stereocenters. The third-order valence-corrected chi connectivity index (χ3v) is 6.23. The summed E-state index contributed by atoms with van der Waals surface area (Å²) in [6, 6.07) is 21.3. The lowest BCUT2D eigenvalue weighted by molar-refractivity contribution is 0.0605. The molecule has 0 saturated heterocycles. The molecule has 1 atom stereocenters. The molecule has 174 valence electrons. The fourth-order valence-corrected chi connectivity index (χ4v) is 4.28. The Morgan fingerprint density at radius 3 is 2.47 bits per heavy atom. The van der Waals surface area contributed by atoms with Crippen LogP contribution in [0.25, 0.3) is 16.6 Å². The number of aromatic nitrogens is 2. The van der Waals surface area contributed by atoms with E-state index >= 15 is 0 Å². The van der Waals surface area contributed by atoms with Crippen LogP contribution in [-0.4, -0.2) is 40.6 Å². The van der Waals surface area contributed by atoms with Crippen LogP contribution in [0.3, 0.4) is 0 Å². The summed E-state index contributed by atoms with van der Waals surface area (Å²) in [6.45, 7) is 4.44. The van der Waals surface area contributed by atoms with Gasteiger partial charge in [-0.05, 0) is 49.7 Å². The first-order valence-electron chi connectivity index (χ1n) is 11.1. The number of nitrogens with zero attached hydrogens (tertiary/aromatic N) is 3. The van der Waals surface area contributed by atoms with Gasteiger partial charge in [-0.2, -0.15) is 0 Å². The van der Waals surface area contributed by atoms with E-state index in [1.54, 1.807) is 46.9 Å². The van der Waals surface area contributed by atoms with Crippen molar-refractivity contribution in [2.45, 2.75) is 19.9 Å². The Kier molecular flexibility index (Phi) is 7.10. The Morgan fingerprint density at radius 2 is 1.74 bits per heavy atom. The van der Waals surface area contributed by atoms with Gasteiger partial charge in [-0.15, -0.1) is 0 Å². The molecular weight excluding hydrogens is 450 g/mol. The van der Waals surface area contributed by atoms with Crippen LogP contribution in [-0.2, 0) is 4.74 Å². The summed E-state index contributed by atoms with van der Waals surface area (Å²) >= 11 is 6.35. The second-order valence-corrected chi connectivity index (χ2v) is 8.47. The van der Waals surface area contributed by atoms with Crippen molar-refractivity contribution in [1.29, 1.82) is 0 Å². The van der Waals surface area contributed by atoms with Crippen molar-refractivity contribution in [2.24, 2.45) is 0 Å². The summed E-state index contributed by atoms with van der Waals surface area (Å²) in [5.41, 5.74) is 2.44. The number of amides is 1. The lowest BCUT2D eigenvalue weighted by Crippen LogP contribution is -2.39. The molecule has 0 radical (unpaired) electrons. The highest BCUT2D eigenvalue weighted by atomic mass is 35.5. The van der Waals surface area contributed by atoms with Crippen molar-refractivity contribution in [2.75, 3.05) is 20.3 Å². The maximum absolute atomic E-state index is 13.7. The Morgan fingerprint density at radius 1 is 1.06 bits per heavy atom. The SMILES string of the molecule is COCCN(C(=O)c1ccccc1Cl)C(C)c1nc2ccccc2c(=O)n1-c1ccccc1C. The summed E-state index contributed by atoms with van der Waals surface area (Å²) < 4.78 is 6.90. The highest BCUT2D eigenvalue weighted by molar-refractivity contribution is 6.33. The molecule has 34 heavy (non-hydrogen) atoms. The normalized spacial score (nSPS) is 12.0. The van der Waals surface area contributed by atoms with Crippen LogP contribution in [0, 0.1) is 6.92 Å². The van der Waals surface area contributed by atoms with Gasteiger partial charge in [0.15, 0.2) is 0 Å². The van der Waals surface area contributed by atoms with Crippen LogP contribution < -0.4 is 5.56 Å². The molecule has 7 heteroatoms. The highest BCUT2D eigenvalue weighted by Crippen LogP contribution is 2.27. The fourth-order valence-electron chi connectivity index (χ4n) is 4.07. The first-order chi connectivity index (χ1) is 16.4. The van der Waals surface area contributed by atoms with Crippen LogP contribution >= 0.6 is 11.6 Å². The Bertz CT molecular complexity index is 1400. The van der Waals surface area contributed by atoms with E-state index in [1.165, 1.54) is 0 Å². The molecule has 4 rings (SSSR count). The third-order valence-electron chi connectivity index (χ3n) is 5.90. The molecule has 1 heterocycles. The number of ether oxygens (including phenoxy) is 1. The minimum absolute atomic E-state index is 0.182. The summed E-state index contributed by atoms with van der Waals surface area (Å²) in [7, 11) is 1.58. The minimum Gasteiger partial charge on any atom is -0.383 e. The quantitative estimate of drug-likeness (QED) is 0.368. The molecule has 1 aromatic heterocycles. The smallest absolute Gasteiger partial charge is 0.266 e. The summed E-state index contributed by atoms with van der Waals surface area (Å²) in [6.07, 6.45) is 0.